The average molecular weight is 606 g/mol. The summed E-state index contributed by atoms with van der Waals surface area (Å²) >= 11 is 0. The van der Waals surface area contributed by atoms with Gasteiger partial charge in [-0.15, -0.1) is 0 Å². The number of hydrogen-bond donors (Lipinski definition) is 3. The minimum Gasteiger partial charge on any atom is -0.478 e. The quantitative estimate of drug-likeness (QED) is 0.256. The number of aryl methyl sites for hydroxylation is 2. The van der Waals surface area contributed by atoms with E-state index in [1.165, 1.54) is 43.3 Å². The predicted octanol–water partition coefficient (Wildman–Crippen LogP) is 6.39. The van der Waals surface area contributed by atoms with Crippen molar-refractivity contribution in [3.8, 4) is 0 Å². The lowest BCUT2D eigenvalue weighted by Gasteiger charge is -2.18. The van der Waals surface area contributed by atoms with E-state index in [1.807, 2.05) is 0 Å². The lowest BCUT2D eigenvalue weighted by molar-refractivity contribution is -0.192. The SMILES string of the molecule is Cc1cc(C(F)(F)CCc2ccc(C(=O)O)cc2)cc(C(=O)NCc2cccc(C(F)(F)F)c2)n1.O=C(O)C(F)(F)F. The predicted molar refractivity (Wildman–Crippen MR) is 131 cm³/mol. The Bertz CT molecular complexity index is 1420. The standard InChI is InChI=1S/C25H21F5N2O3.C2HF3O2/c1-15-11-20(24(26,27)10-9-16-5-7-18(8-6-16)23(34)35)13-21(32-15)22(33)31-14-17-3-2-4-19(12-17)25(28,29)30;3-2(4,5)1(6)7/h2-8,11-13H,9-10,14H2,1H3,(H,31,33)(H,34,35);(H,6,7). The van der Waals surface area contributed by atoms with Crippen LogP contribution in [0.25, 0.3) is 0 Å². The van der Waals surface area contributed by atoms with E-state index < -0.39 is 53.7 Å². The van der Waals surface area contributed by atoms with E-state index in [4.69, 9.17) is 15.0 Å². The van der Waals surface area contributed by atoms with Crippen molar-refractivity contribution < 1.29 is 59.7 Å². The number of carbonyl (C=O) groups is 3. The van der Waals surface area contributed by atoms with Gasteiger partial charge in [-0.25, -0.2) is 23.4 Å². The van der Waals surface area contributed by atoms with Crippen LogP contribution in [0.15, 0.2) is 60.7 Å². The molecule has 15 heteroatoms. The maximum Gasteiger partial charge on any atom is 0.490 e. The largest absolute Gasteiger partial charge is 0.490 e. The molecule has 226 valence electrons. The number of aromatic nitrogens is 1. The summed E-state index contributed by atoms with van der Waals surface area (Å²) in [6.45, 7) is 1.21. The number of benzene rings is 2. The van der Waals surface area contributed by atoms with E-state index in [1.54, 1.807) is 0 Å². The molecule has 0 aliphatic carbocycles. The molecule has 0 aliphatic rings. The van der Waals surface area contributed by atoms with Crippen molar-refractivity contribution in [1.29, 1.82) is 0 Å². The van der Waals surface area contributed by atoms with Crippen molar-refractivity contribution in [3.05, 3.63) is 99.9 Å². The van der Waals surface area contributed by atoms with Crippen LogP contribution in [-0.2, 0) is 29.9 Å². The Balaban J connectivity index is 0.000000782. The summed E-state index contributed by atoms with van der Waals surface area (Å²) < 4.78 is 100. The molecule has 1 aromatic heterocycles. The van der Waals surface area contributed by atoms with Gasteiger partial charge in [-0.1, -0.05) is 24.3 Å². The second kappa shape index (κ2) is 13.4. The first kappa shape index (κ1) is 33.6. The molecule has 3 aromatic rings. The number of nitrogens with one attached hydrogen (secondary N) is 1. The van der Waals surface area contributed by atoms with Crippen LogP contribution in [0.5, 0.6) is 0 Å². The van der Waals surface area contributed by atoms with E-state index in [0.717, 1.165) is 24.3 Å². The van der Waals surface area contributed by atoms with Crippen LogP contribution >= 0.6 is 0 Å². The summed E-state index contributed by atoms with van der Waals surface area (Å²) in [5, 5.41) is 18.5. The molecule has 42 heavy (non-hydrogen) atoms. The first-order chi connectivity index (χ1) is 19.3. The zero-order chi connectivity index (χ0) is 31.9. The average Bonchev–Trinajstić information content (AvgIpc) is 2.90. The van der Waals surface area contributed by atoms with Crippen LogP contribution in [0.3, 0.4) is 0 Å². The van der Waals surface area contributed by atoms with Crippen molar-refractivity contribution in [2.75, 3.05) is 0 Å². The van der Waals surface area contributed by atoms with Gasteiger partial charge in [0.05, 0.1) is 11.1 Å². The van der Waals surface area contributed by atoms with Gasteiger partial charge in [0.1, 0.15) is 5.69 Å². The Morgan fingerprint density at radius 1 is 0.810 bits per heavy atom. The number of pyridine rings is 1. The number of carboxylic acids is 2. The highest BCUT2D eigenvalue weighted by atomic mass is 19.4. The molecule has 0 spiro atoms. The summed E-state index contributed by atoms with van der Waals surface area (Å²) in [7, 11) is 0. The third kappa shape index (κ3) is 10.1. The zero-order valence-corrected chi connectivity index (χ0v) is 21.5. The highest BCUT2D eigenvalue weighted by molar-refractivity contribution is 5.92. The van der Waals surface area contributed by atoms with Crippen molar-refractivity contribution in [2.45, 2.75) is 44.6 Å². The van der Waals surface area contributed by atoms with Crippen LogP contribution < -0.4 is 5.32 Å². The third-order valence-electron chi connectivity index (χ3n) is 5.49. The molecule has 1 amide bonds. The first-order valence-electron chi connectivity index (χ1n) is 11.7. The van der Waals surface area contributed by atoms with Crippen LogP contribution in [0.1, 0.15) is 55.2 Å². The first-order valence-corrected chi connectivity index (χ1v) is 11.7. The third-order valence-corrected chi connectivity index (χ3v) is 5.49. The van der Waals surface area contributed by atoms with Crippen molar-refractivity contribution in [2.24, 2.45) is 0 Å². The minimum atomic E-state index is -5.08. The van der Waals surface area contributed by atoms with Gasteiger partial charge in [0, 0.05) is 24.2 Å². The molecule has 0 bridgehead atoms. The molecule has 1 heterocycles. The second-order valence-corrected chi connectivity index (χ2v) is 8.77. The summed E-state index contributed by atoms with van der Waals surface area (Å²) in [6, 6.07) is 12.1. The van der Waals surface area contributed by atoms with Gasteiger partial charge in [-0.3, -0.25) is 4.79 Å². The number of aromatic carboxylic acids is 1. The Morgan fingerprint density at radius 3 is 1.93 bits per heavy atom. The lowest BCUT2D eigenvalue weighted by Crippen LogP contribution is -2.25. The van der Waals surface area contributed by atoms with Crippen LogP contribution in [0.4, 0.5) is 35.1 Å². The number of halogens is 8. The molecule has 0 atom stereocenters. The van der Waals surface area contributed by atoms with Gasteiger partial charge in [0.15, 0.2) is 0 Å². The summed E-state index contributed by atoms with van der Waals surface area (Å²) in [5.41, 5.74) is -0.616. The molecule has 0 radical (unpaired) electrons. The number of nitrogens with zero attached hydrogens (tertiary/aromatic N) is 1. The van der Waals surface area contributed by atoms with Crippen molar-refractivity contribution in [1.82, 2.24) is 10.3 Å². The van der Waals surface area contributed by atoms with Gasteiger partial charge < -0.3 is 15.5 Å². The number of rotatable bonds is 8. The Kier molecular flexibility index (Phi) is 10.7. The van der Waals surface area contributed by atoms with Gasteiger partial charge >= 0.3 is 24.3 Å². The van der Waals surface area contributed by atoms with Gasteiger partial charge in [-0.05, 0) is 60.9 Å². The molecule has 3 rings (SSSR count). The summed E-state index contributed by atoms with van der Waals surface area (Å²) in [5.74, 6) is -7.98. The van der Waals surface area contributed by atoms with E-state index >= 15 is 0 Å². The highest BCUT2D eigenvalue weighted by Gasteiger charge is 2.38. The fraction of sp³-hybridized carbons (Fsp3) is 0.259. The monoisotopic (exact) mass is 606 g/mol. The van der Waals surface area contributed by atoms with Gasteiger partial charge in [-0.2, -0.15) is 26.3 Å². The van der Waals surface area contributed by atoms with Crippen molar-refractivity contribution in [3.63, 3.8) is 0 Å². The molecular formula is C27H22F8N2O5. The maximum atomic E-state index is 14.9. The molecule has 7 nitrogen and oxygen atoms in total. The number of carbonyl (C=O) groups excluding carboxylic acids is 1. The topological polar surface area (TPSA) is 117 Å². The number of hydrogen-bond acceptors (Lipinski definition) is 4. The molecule has 3 N–H and O–H groups in total. The Hall–Kier alpha value is -4.56. The fourth-order valence-corrected chi connectivity index (χ4v) is 3.39. The molecule has 2 aromatic carbocycles. The normalized spacial score (nSPS) is 11.7. The molecule has 0 unspecified atom stereocenters. The molecule has 0 saturated carbocycles. The van der Waals surface area contributed by atoms with Crippen molar-refractivity contribution >= 4 is 17.8 Å². The van der Waals surface area contributed by atoms with E-state index in [9.17, 15) is 44.7 Å². The van der Waals surface area contributed by atoms with Crippen LogP contribution in [0, 0.1) is 6.92 Å². The summed E-state index contributed by atoms with van der Waals surface area (Å²) in [6.07, 6.45) is -10.2. The van der Waals surface area contributed by atoms with E-state index in [2.05, 4.69) is 10.3 Å². The second-order valence-electron chi connectivity index (χ2n) is 8.77. The number of alkyl halides is 8. The zero-order valence-electron chi connectivity index (χ0n) is 21.5. The van der Waals surface area contributed by atoms with Gasteiger partial charge in [0.2, 0.25) is 0 Å². The molecular weight excluding hydrogens is 584 g/mol. The smallest absolute Gasteiger partial charge is 0.478 e. The lowest BCUT2D eigenvalue weighted by atomic mass is 9.99. The molecule has 0 fully saturated rings. The number of amides is 1. The molecule has 0 saturated heterocycles. The van der Waals surface area contributed by atoms with Gasteiger partial charge in [0.25, 0.3) is 11.8 Å². The Labute approximate surface area is 232 Å². The Morgan fingerprint density at radius 2 is 1.40 bits per heavy atom. The van der Waals surface area contributed by atoms with E-state index in [-0.39, 0.29) is 35.5 Å². The summed E-state index contributed by atoms with van der Waals surface area (Å²) in [4.78, 5) is 36.3. The number of carboxylic acid groups (broad SMARTS) is 2. The fourth-order valence-electron chi connectivity index (χ4n) is 3.39. The van der Waals surface area contributed by atoms with Crippen LogP contribution in [0.2, 0.25) is 0 Å². The van der Waals surface area contributed by atoms with E-state index in [0.29, 0.717) is 5.56 Å². The maximum absolute atomic E-state index is 14.9. The van der Waals surface area contributed by atoms with Crippen LogP contribution in [-0.4, -0.2) is 39.2 Å². The molecule has 0 aliphatic heterocycles. The number of aliphatic carboxylic acids is 1. The minimum absolute atomic E-state index is 0.0364. The highest BCUT2D eigenvalue weighted by Crippen LogP contribution is 2.34.